The van der Waals surface area contributed by atoms with Crippen LogP contribution in [0.1, 0.15) is 6.92 Å². The van der Waals surface area contributed by atoms with Gasteiger partial charge >= 0.3 is 5.97 Å². The lowest BCUT2D eigenvalue weighted by Gasteiger charge is -2.20. The molecule has 2 N–H and O–H groups in total. The van der Waals surface area contributed by atoms with Crippen molar-refractivity contribution >= 4 is 40.8 Å². The Morgan fingerprint density at radius 2 is 1.89 bits per heavy atom. The van der Waals surface area contributed by atoms with Crippen LogP contribution < -0.4 is 5.32 Å². The number of hydrogen-bond acceptors (Lipinski definition) is 3. The number of para-hydroxylation sites is 1. The molecule has 0 saturated carbocycles. The molecule has 7 heteroatoms. The largest absolute Gasteiger partial charge is 0.480 e. The predicted molar refractivity (Wildman–Crippen MR) is 74.8 cm³/mol. The highest BCUT2D eigenvalue weighted by Crippen LogP contribution is 2.29. The summed E-state index contributed by atoms with van der Waals surface area (Å²) in [6.45, 7) is 1.42. The molecule has 1 aromatic rings. The standard InChI is InChI=1S/C12H14Cl2N2O3/c1-7(12(18)19)16(2)6-10(17)15-11-8(13)4-3-5-9(11)14/h3-5,7H,6H2,1-2H3,(H,15,17)(H,18,19). The van der Waals surface area contributed by atoms with Crippen LogP contribution in [0.5, 0.6) is 0 Å². The van der Waals surface area contributed by atoms with E-state index in [2.05, 4.69) is 5.32 Å². The van der Waals surface area contributed by atoms with E-state index in [4.69, 9.17) is 28.3 Å². The number of carbonyl (C=O) groups excluding carboxylic acids is 1. The van der Waals surface area contributed by atoms with Gasteiger partial charge in [-0.1, -0.05) is 29.3 Å². The highest BCUT2D eigenvalue weighted by atomic mass is 35.5. The average Bonchev–Trinajstić information content (AvgIpc) is 2.32. The molecule has 5 nitrogen and oxygen atoms in total. The summed E-state index contributed by atoms with van der Waals surface area (Å²) in [5.41, 5.74) is 0.326. The Morgan fingerprint density at radius 1 is 1.37 bits per heavy atom. The first-order chi connectivity index (χ1) is 8.82. The SMILES string of the molecule is CC(C(=O)O)N(C)CC(=O)Nc1c(Cl)cccc1Cl. The third kappa shape index (κ3) is 4.38. The van der Waals surface area contributed by atoms with Crippen molar-refractivity contribution in [2.45, 2.75) is 13.0 Å². The summed E-state index contributed by atoms with van der Waals surface area (Å²) in [6, 6.07) is 4.12. The molecule has 1 unspecified atom stereocenters. The maximum Gasteiger partial charge on any atom is 0.320 e. The second-order valence-electron chi connectivity index (χ2n) is 4.07. The third-order valence-electron chi connectivity index (χ3n) is 2.64. The number of carboxylic acid groups (broad SMARTS) is 1. The zero-order valence-electron chi connectivity index (χ0n) is 10.5. The number of carboxylic acids is 1. The molecule has 0 aliphatic rings. The molecule has 1 aromatic carbocycles. The number of aliphatic carboxylic acids is 1. The van der Waals surface area contributed by atoms with E-state index in [-0.39, 0.29) is 12.5 Å². The molecule has 0 aliphatic heterocycles. The number of halogens is 2. The van der Waals surface area contributed by atoms with Gasteiger partial charge in [-0.25, -0.2) is 0 Å². The first-order valence-corrected chi connectivity index (χ1v) is 6.25. The van der Waals surface area contributed by atoms with Crippen molar-refractivity contribution in [2.24, 2.45) is 0 Å². The number of carbonyl (C=O) groups is 2. The second kappa shape index (κ2) is 6.75. The van der Waals surface area contributed by atoms with Crippen LogP contribution in [0.4, 0.5) is 5.69 Å². The molecule has 0 spiro atoms. The summed E-state index contributed by atoms with van der Waals surface area (Å²) in [6.07, 6.45) is 0. The quantitative estimate of drug-likeness (QED) is 0.876. The molecule has 1 amide bonds. The summed E-state index contributed by atoms with van der Waals surface area (Å²) < 4.78 is 0. The van der Waals surface area contributed by atoms with Gasteiger partial charge in [-0.15, -0.1) is 0 Å². The monoisotopic (exact) mass is 304 g/mol. The van der Waals surface area contributed by atoms with E-state index in [1.807, 2.05) is 0 Å². The lowest BCUT2D eigenvalue weighted by Crippen LogP contribution is -2.40. The van der Waals surface area contributed by atoms with Crippen LogP contribution in [0.15, 0.2) is 18.2 Å². The minimum Gasteiger partial charge on any atom is -0.480 e. The summed E-state index contributed by atoms with van der Waals surface area (Å²) >= 11 is 11.8. The normalized spacial score (nSPS) is 12.3. The van der Waals surface area contributed by atoms with Crippen molar-refractivity contribution in [3.05, 3.63) is 28.2 Å². The van der Waals surface area contributed by atoms with Crippen molar-refractivity contribution in [3.8, 4) is 0 Å². The molecule has 104 valence electrons. The Balaban J connectivity index is 2.68. The van der Waals surface area contributed by atoms with Crippen LogP contribution in [0.3, 0.4) is 0 Å². The van der Waals surface area contributed by atoms with Crippen LogP contribution in [-0.2, 0) is 9.59 Å². The first-order valence-electron chi connectivity index (χ1n) is 5.50. The number of amides is 1. The lowest BCUT2D eigenvalue weighted by molar-refractivity contribution is -0.142. The highest BCUT2D eigenvalue weighted by molar-refractivity contribution is 6.39. The van der Waals surface area contributed by atoms with Gasteiger partial charge in [0.15, 0.2) is 0 Å². The number of rotatable bonds is 5. The number of hydrogen-bond donors (Lipinski definition) is 2. The number of nitrogens with zero attached hydrogens (tertiary/aromatic N) is 1. The minimum atomic E-state index is -0.994. The zero-order chi connectivity index (χ0) is 14.6. The fraction of sp³-hybridized carbons (Fsp3) is 0.333. The third-order valence-corrected chi connectivity index (χ3v) is 3.27. The molecule has 1 atom stereocenters. The molecule has 0 fully saturated rings. The second-order valence-corrected chi connectivity index (χ2v) is 4.89. The van der Waals surface area contributed by atoms with Gasteiger partial charge in [0, 0.05) is 0 Å². The van der Waals surface area contributed by atoms with Crippen molar-refractivity contribution in [1.82, 2.24) is 4.90 Å². The molecular weight excluding hydrogens is 291 g/mol. The van der Waals surface area contributed by atoms with E-state index in [1.165, 1.54) is 11.8 Å². The number of benzene rings is 1. The summed E-state index contributed by atoms with van der Waals surface area (Å²) in [5.74, 6) is -1.38. The van der Waals surface area contributed by atoms with Gasteiger partial charge < -0.3 is 10.4 Å². The van der Waals surface area contributed by atoms with E-state index in [9.17, 15) is 9.59 Å². The molecule has 0 aliphatic carbocycles. The first kappa shape index (κ1) is 15.8. The molecule has 0 aromatic heterocycles. The Labute approximate surface area is 121 Å². The lowest BCUT2D eigenvalue weighted by atomic mass is 10.3. The fourth-order valence-electron chi connectivity index (χ4n) is 1.35. The maximum atomic E-state index is 11.8. The van der Waals surface area contributed by atoms with E-state index < -0.39 is 12.0 Å². The van der Waals surface area contributed by atoms with Crippen LogP contribution >= 0.6 is 23.2 Å². The van der Waals surface area contributed by atoms with E-state index in [1.54, 1.807) is 25.2 Å². The Bertz CT molecular complexity index is 474. The average molecular weight is 305 g/mol. The minimum absolute atomic E-state index is 0.0744. The summed E-state index contributed by atoms with van der Waals surface area (Å²) in [7, 11) is 1.55. The molecule has 0 radical (unpaired) electrons. The van der Waals surface area contributed by atoms with Gasteiger partial charge in [-0.3, -0.25) is 14.5 Å². The number of anilines is 1. The fourth-order valence-corrected chi connectivity index (χ4v) is 1.84. The Kier molecular flexibility index (Phi) is 5.60. The predicted octanol–water partition coefficient (Wildman–Crippen LogP) is 2.34. The molecule has 19 heavy (non-hydrogen) atoms. The van der Waals surface area contributed by atoms with E-state index in [0.717, 1.165) is 0 Å². The summed E-state index contributed by atoms with van der Waals surface area (Å²) in [4.78, 5) is 24.0. The van der Waals surface area contributed by atoms with Gasteiger partial charge in [-0.2, -0.15) is 0 Å². The van der Waals surface area contributed by atoms with Gasteiger partial charge in [0.25, 0.3) is 0 Å². The summed E-state index contributed by atoms with van der Waals surface area (Å²) in [5, 5.41) is 12.1. The van der Waals surface area contributed by atoms with Crippen LogP contribution in [0, 0.1) is 0 Å². The van der Waals surface area contributed by atoms with Crippen molar-refractivity contribution in [2.75, 3.05) is 18.9 Å². The molecule has 0 saturated heterocycles. The van der Waals surface area contributed by atoms with E-state index in [0.29, 0.717) is 15.7 Å². The van der Waals surface area contributed by atoms with Crippen LogP contribution in [0.2, 0.25) is 10.0 Å². The van der Waals surface area contributed by atoms with E-state index >= 15 is 0 Å². The van der Waals surface area contributed by atoms with Gasteiger partial charge in [0.2, 0.25) is 5.91 Å². The van der Waals surface area contributed by atoms with Gasteiger partial charge in [0.05, 0.1) is 22.3 Å². The maximum absolute atomic E-state index is 11.8. The van der Waals surface area contributed by atoms with Crippen LogP contribution in [0.25, 0.3) is 0 Å². The molecule has 0 heterocycles. The number of nitrogens with one attached hydrogen (secondary N) is 1. The molecule has 1 rings (SSSR count). The highest BCUT2D eigenvalue weighted by Gasteiger charge is 2.19. The van der Waals surface area contributed by atoms with Crippen molar-refractivity contribution in [1.29, 1.82) is 0 Å². The van der Waals surface area contributed by atoms with Crippen molar-refractivity contribution in [3.63, 3.8) is 0 Å². The Hall–Kier alpha value is -1.30. The van der Waals surface area contributed by atoms with Gasteiger partial charge in [0.1, 0.15) is 6.04 Å². The van der Waals surface area contributed by atoms with Gasteiger partial charge in [-0.05, 0) is 26.1 Å². The Morgan fingerprint density at radius 3 is 2.37 bits per heavy atom. The number of likely N-dealkylation sites (N-methyl/N-ethyl adjacent to an activating group) is 1. The molecule has 0 bridgehead atoms. The smallest absolute Gasteiger partial charge is 0.320 e. The zero-order valence-corrected chi connectivity index (χ0v) is 12.0. The van der Waals surface area contributed by atoms with Crippen LogP contribution in [-0.4, -0.2) is 41.5 Å². The molecular formula is C12H14Cl2N2O3. The topological polar surface area (TPSA) is 69.6 Å². The van der Waals surface area contributed by atoms with Crippen molar-refractivity contribution < 1.29 is 14.7 Å².